The molecular formula is C12H23NO. The van der Waals surface area contributed by atoms with Crippen molar-refractivity contribution in [2.45, 2.75) is 51.9 Å². The summed E-state index contributed by atoms with van der Waals surface area (Å²) >= 11 is 0. The van der Waals surface area contributed by atoms with Crippen molar-refractivity contribution in [1.82, 2.24) is 5.32 Å². The van der Waals surface area contributed by atoms with Crippen molar-refractivity contribution < 1.29 is 4.79 Å². The van der Waals surface area contributed by atoms with Gasteiger partial charge >= 0.3 is 0 Å². The molecule has 0 bridgehead atoms. The second-order valence-electron chi connectivity index (χ2n) is 4.41. The lowest BCUT2D eigenvalue weighted by molar-refractivity contribution is -0.127. The Bertz CT molecular complexity index is 179. The minimum atomic E-state index is 0.269. The molecule has 1 amide bonds. The van der Waals surface area contributed by atoms with E-state index in [-0.39, 0.29) is 5.91 Å². The zero-order valence-electron chi connectivity index (χ0n) is 9.51. The van der Waals surface area contributed by atoms with E-state index in [2.05, 4.69) is 12.2 Å². The summed E-state index contributed by atoms with van der Waals surface area (Å²) in [4.78, 5) is 11.6. The van der Waals surface area contributed by atoms with Gasteiger partial charge in [0.05, 0.1) is 0 Å². The molecule has 14 heavy (non-hydrogen) atoms. The Labute approximate surface area is 87.5 Å². The van der Waals surface area contributed by atoms with Gasteiger partial charge in [-0.05, 0) is 25.2 Å². The van der Waals surface area contributed by atoms with Crippen molar-refractivity contribution in [1.29, 1.82) is 0 Å². The summed E-state index contributed by atoms with van der Waals surface area (Å²) < 4.78 is 0. The predicted octanol–water partition coefficient (Wildman–Crippen LogP) is 2.73. The molecule has 0 aromatic carbocycles. The molecule has 0 aromatic heterocycles. The summed E-state index contributed by atoms with van der Waals surface area (Å²) in [5, 5.41) is 2.80. The van der Waals surface area contributed by atoms with Crippen LogP contribution in [0.5, 0.6) is 0 Å². The smallest absolute Gasteiger partial charge is 0.223 e. The van der Waals surface area contributed by atoms with Crippen molar-refractivity contribution in [3.05, 3.63) is 0 Å². The fourth-order valence-corrected chi connectivity index (χ4v) is 2.55. The molecule has 0 aliphatic heterocycles. The predicted molar refractivity (Wildman–Crippen MR) is 59.0 cm³/mol. The zero-order chi connectivity index (χ0) is 10.4. The van der Waals surface area contributed by atoms with Crippen LogP contribution >= 0.6 is 0 Å². The Kier molecular flexibility index (Phi) is 4.99. The number of unbranched alkanes of at least 4 members (excludes halogenated alkanes) is 1. The van der Waals surface area contributed by atoms with Crippen LogP contribution in [0.25, 0.3) is 0 Å². The van der Waals surface area contributed by atoms with E-state index in [0.29, 0.717) is 11.8 Å². The molecule has 1 rings (SSSR count). The molecule has 0 saturated heterocycles. The number of rotatable bonds is 4. The molecule has 2 atom stereocenters. The molecule has 82 valence electrons. The summed E-state index contributed by atoms with van der Waals surface area (Å²) in [7, 11) is 1.76. The van der Waals surface area contributed by atoms with E-state index in [1.807, 2.05) is 0 Å². The third-order valence-electron chi connectivity index (χ3n) is 3.42. The summed E-state index contributed by atoms with van der Waals surface area (Å²) in [6.07, 6.45) is 8.69. The standard InChI is InChI=1S/C12H23NO/c1-3-4-7-10-8-5-6-9-11(10)12(14)13-2/h10-11H,3-9H2,1-2H3,(H,13,14). The highest BCUT2D eigenvalue weighted by molar-refractivity contribution is 5.78. The van der Waals surface area contributed by atoms with E-state index in [4.69, 9.17) is 0 Å². The van der Waals surface area contributed by atoms with Crippen LogP contribution < -0.4 is 5.32 Å². The van der Waals surface area contributed by atoms with Gasteiger partial charge in [-0.2, -0.15) is 0 Å². The van der Waals surface area contributed by atoms with Crippen LogP contribution in [0, 0.1) is 11.8 Å². The van der Waals surface area contributed by atoms with Gasteiger partial charge in [-0.3, -0.25) is 4.79 Å². The van der Waals surface area contributed by atoms with Crippen LogP contribution in [0.3, 0.4) is 0 Å². The maximum Gasteiger partial charge on any atom is 0.223 e. The summed E-state index contributed by atoms with van der Waals surface area (Å²) in [5.41, 5.74) is 0. The van der Waals surface area contributed by atoms with Crippen molar-refractivity contribution in [2.24, 2.45) is 11.8 Å². The number of amides is 1. The summed E-state index contributed by atoms with van der Waals surface area (Å²) in [5.74, 6) is 1.23. The third-order valence-corrected chi connectivity index (χ3v) is 3.42. The van der Waals surface area contributed by atoms with Crippen LogP contribution in [0.4, 0.5) is 0 Å². The average molecular weight is 197 g/mol. The van der Waals surface area contributed by atoms with Crippen LogP contribution in [-0.4, -0.2) is 13.0 Å². The Morgan fingerprint density at radius 1 is 1.36 bits per heavy atom. The second-order valence-corrected chi connectivity index (χ2v) is 4.41. The van der Waals surface area contributed by atoms with Gasteiger partial charge in [-0.1, -0.05) is 32.6 Å². The van der Waals surface area contributed by atoms with E-state index < -0.39 is 0 Å². The van der Waals surface area contributed by atoms with Gasteiger partial charge in [0, 0.05) is 13.0 Å². The number of hydrogen-bond donors (Lipinski definition) is 1. The first kappa shape index (κ1) is 11.5. The van der Waals surface area contributed by atoms with Gasteiger partial charge in [0.2, 0.25) is 5.91 Å². The zero-order valence-corrected chi connectivity index (χ0v) is 9.51. The molecule has 1 N–H and O–H groups in total. The first-order chi connectivity index (χ1) is 6.79. The first-order valence-corrected chi connectivity index (χ1v) is 6.01. The quantitative estimate of drug-likeness (QED) is 0.737. The maximum atomic E-state index is 11.6. The monoisotopic (exact) mass is 197 g/mol. The highest BCUT2D eigenvalue weighted by atomic mass is 16.1. The molecule has 2 nitrogen and oxygen atoms in total. The molecule has 0 radical (unpaired) electrons. The fraction of sp³-hybridized carbons (Fsp3) is 0.917. The molecule has 2 unspecified atom stereocenters. The van der Waals surface area contributed by atoms with Gasteiger partial charge in [0.15, 0.2) is 0 Å². The molecule has 1 saturated carbocycles. The van der Waals surface area contributed by atoms with Gasteiger partial charge in [-0.15, -0.1) is 0 Å². The van der Waals surface area contributed by atoms with E-state index in [1.54, 1.807) is 7.05 Å². The Morgan fingerprint density at radius 3 is 2.71 bits per heavy atom. The molecule has 0 heterocycles. The minimum Gasteiger partial charge on any atom is -0.359 e. The average Bonchev–Trinajstić information content (AvgIpc) is 2.25. The SMILES string of the molecule is CCCCC1CCCCC1C(=O)NC. The topological polar surface area (TPSA) is 29.1 Å². The van der Waals surface area contributed by atoms with Crippen LogP contribution in [-0.2, 0) is 4.79 Å². The van der Waals surface area contributed by atoms with Gasteiger partial charge < -0.3 is 5.32 Å². The van der Waals surface area contributed by atoms with E-state index in [1.165, 1.54) is 38.5 Å². The molecule has 0 spiro atoms. The van der Waals surface area contributed by atoms with Crippen LogP contribution in [0.15, 0.2) is 0 Å². The maximum absolute atomic E-state index is 11.6. The van der Waals surface area contributed by atoms with E-state index in [9.17, 15) is 4.79 Å². The van der Waals surface area contributed by atoms with E-state index in [0.717, 1.165) is 6.42 Å². The molecule has 2 heteroatoms. The molecule has 1 aliphatic rings. The highest BCUT2D eigenvalue weighted by Gasteiger charge is 2.29. The normalized spacial score (nSPS) is 27.3. The lowest BCUT2D eigenvalue weighted by Gasteiger charge is -2.30. The van der Waals surface area contributed by atoms with E-state index >= 15 is 0 Å². The summed E-state index contributed by atoms with van der Waals surface area (Å²) in [6.45, 7) is 2.22. The van der Waals surface area contributed by atoms with Gasteiger partial charge in [-0.25, -0.2) is 0 Å². The first-order valence-electron chi connectivity index (χ1n) is 6.01. The lowest BCUT2D eigenvalue weighted by Crippen LogP contribution is -2.34. The lowest BCUT2D eigenvalue weighted by atomic mass is 9.76. The Hall–Kier alpha value is -0.530. The van der Waals surface area contributed by atoms with Crippen molar-refractivity contribution in [3.63, 3.8) is 0 Å². The molecular weight excluding hydrogens is 174 g/mol. The Morgan fingerprint density at radius 2 is 2.07 bits per heavy atom. The van der Waals surface area contributed by atoms with Gasteiger partial charge in [0.25, 0.3) is 0 Å². The Balaban J connectivity index is 2.45. The fourth-order valence-electron chi connectivity index (χ4n) is 2.55. The highest BCUT2D eigenvalue weighted by Crippen LogP contribution is 2.33. The number of carbonyl (C=O) groups excluding carboxylic acids is 1. The minimum absolute atomic E-state index is 0.269. The molecule has 1 aliphatic carbocycles. The van der Waals surface area contributed by atoms with Crippen molar-refractivity contribution in [3.8, 4) is 0 Å². The number of hydrogen-bond acceptors (Lipinski definition) is 1. The van der Waals surface area contributed by atoms with Crippen LogP contribution in [0.1, 0.15) is 51.9 Å². The third kappa shape index (κ3) is 3.00. The second kappa shape index (κ2) is 6.05. The molecule has 1 fully saturated rings. The van der Waals surface area contributed by atoms with Crippen molar-refractivity contribution >= 4 is 5.91 Å². The largest absolute Gasteiger partial charge is 0.359 e. The number of carbonyl (C=O) groups is 1. The van der Waals surface area contributed by atoms with Crippen molar-refractivity contribution in [2.75, 3.05) is 7.05 Å². The van der Waals surface area contributed by atoms with Crippen LogP contribution in [0.2, 0.25) is 0 Å². The van der Waals surface area contributed by atoms with Gasteiger partial charge in [0.1, 0.15) is 0 Å². The summed E-state index contributed by atoms with van der Waals surface area (Å²) in [6, 6.07) is 0. The molecule has 0 aromatic rings. The number of nitrogens with one attached hydrogen (secondary N) is 1.